The molecule has 26 heavy (non-hydrogen) atoms. The number of carbonyl (C=O) groups excluding carboxylic acids is 1. The zero-order chi connectivity index (χ0) is 18.5. The molecule has 0 radical (unpaired) electrons. The fraction of sp³-hybridized carbons (Fsp3) is 0.409. The molecule has 0 spiro atoms. The van der Waals surface area contributed by atoms with Crippen LogP contribution in [0.2, 0.25) is 0 Å². The minimum atomic E-state index is 0.0290. The first-order chi connectivity index (χ1) is 12.5. The molecule has 138 valence electrons. The summed E-state index contributed by atoms with van der Waals surface area (Å²) >= 11 is 0. The maximum Gasteiger partial charge on any atom is 0.317 e. The van der Waals surface area contributed by atoms with Crippen molar-refractivity contribution in [3.05, 3.63) is 65.2 Å². The van der Waals surface area contributed by atoms with Crippen molar-refractivity contribution < 1.29 is 4.79 Å². The molecule has 0 aromatic heterocycles. The molecule has 2 aromatic rings. The molecule has 0 bridgehead atoms. The van der Waals surface area contributed by atoms with Gasteiger partial charge in [0, 0.05) is 38.4 Å². The Bertz CT molecular complexity index is 731. The van der Waals surface area contributed by atoms with Crippen LogP contribution in [-0.4, -0.2) is 37.1 Å². The van der Waals surface area contributed by atoms with E-state index in [0.717, 1.165) is 31.7 Å². The SMILES string of the molecule is Cc1cccc(CNC(=O)N2CCN(c3ccc(C(C)C)cc3)CC2)c1. The maximum atomic E-state index is 12.4. The topological polar surface area (TPSA) is 35.6 Å². The van der Waals surface area contributed by atoms with E-state index in [1.807, 2.05) is 17.0 Å². The van der Waals surface area contributed by atoms with Crippen LogP contribution in [0.1, 0.15) is 36.5 Å². The highest BCUT2D eigenvalue weighted by Crippen LogP contribution is 2.21. The van der Waals surface area contributed by atoms with E-state index in [4.69, 9.17) is 0 Å². The Balaban J connectivity index is 1.49. The number of rotatable bonds is 4. The van der Waals surface area contributed by atoms with E-state index in [2.05, 4.69) is 67.4 Å². The number of amides is 2. The number of nitrogens with one attached hydrogen (secondary N) is 1. The van der Waals surface area contributed by atoms with Gasteiger partial charge in [0.25, 0.3) is 0 Å². The highest BCUT2D eigenvalue weighted by Gasteiger charge is 2.21. The number of carbonyl (C=O) groups is 1. The Morgan fingerprint density at radius 2 is 1.73 bits per heavy atom. The molecule has 2 amide bonds. The van der Waals surface area contributed by atoms with E-state index in [1.165, 1.54) is 16.8 Å². The van der Waals surface area contributed by atoms with Crippen molar-refractivity contribution in [1.29, 1.82) is 0 Å². The van der Waals surface area contributed by atoms with Gasteiger partial charge in [0.1, 0.15) is 0 Å². The van der Waals surface area contributed by atoms with E-state index in [1.54, 1.807) is 0 Å². The van der Waals surface area contributed by atoms with Gasteiger partial charge in [0.2, 0.25) is 0 Å². The Hall–Kier alpha value is -2.49. The molecule has 2 aromatic carbocycles. The minimum absolute atomic E-state index is 0.0290. The summed E-state index contributed by atoms with van der Waals surface area (Å²) in [5.41, 5.74) is 4.97. The number of benzene rings is 2. The van der Waals surface area contributed by atoms with Gasteiger partial charge in [-0.2, -0.15) is 0 Å². The lowest BCUT2D eigenvalue weighted by molar-refractivity contribution is 0.194. The number of hydrogen-bond acceptors (Lipinski definition) is 2. The van der Waals surface area contributed by atoms with Crippen LogP contribution < -0.4 is 10.2 Å². The van der Waals surface area contributed by atoms with Gasteiger partial charge in [-0.15, -0.1) is 0 Å². The monoisotopic (exact) mass is 351 g/mol. The molecular formula is C22H29N3O. The summed E-state index contributed by atoms with van der Waals surface area (Å²) in [6.07, 6.45) is 0. The average Bonchev–Trinajstić information content (AvgIpc) is 2.66. The van der Waals surface area contributed by atoms with Crippen molar-refractivity contribution in [3.63, 3.8) is 0 Å². The van der Waals surface area contributed by atoms with Gasteiger partial charge in [-0.1, -0.05) is 55.8 Å². The predicted molar refractivity (Wildman–Crippen MR) is 108 cm³/mol. The third-order valence-corrected chi connectivity index (χ3v) is 5.02. The number of urea groups is 1. The Morgan fingerprint density at radius 1 is 1.04 bits per heavy atom. The molecule has 1 saturated heterocycles. The summed E-state index contributed by atoms with van der Waals surface area (Å²) in [7, 11) is 0. The zero-order valence-corrected chi connectivity index (χ0v) is 16.0. The van der Waals surface area contributed by atoms with Gasteiger partial charge in [-0.25, -0.2) is 4.79 Å². The third kappa shape index (κ3) is 4.57. The van der Waals surface area contributed by atoms with Crippen LogP contribution in [0, 0.1) is 6.92 Å². The molecule has 4 heteroatoms. The molecule has 1 heterocycles. The van der Waals surface area contributed by atoms with Crippen molar-refractivity contribution in [2.24, 2.45) is 0 Å². The molecule has 3 rings (SSSR count). The fourth-order valence-electron chi connectivity index (χ4n) is 3.35. The van der Waals surface area contributed by atoms with Crippen molar-refractivity contribution in [2.45, 2.75) is 33.2 Å². The largest absolute Gasteiger partial charge is 0.368 e. The zero-order valence-electron chi connectivity index (χ0n) is 16.0. The molecule has 1 aliphatic rings. The summed E-state index contributed by atoms with van der Waals surface area (Å²) in [6.45, 7) is 10.3. The van der Waals surface area contributed by atoms with E-state index in [9.17, 15) is 4.79 Å². The van der Waals surface area contributed by atoms with Crippen LogP contribution in [0.3, 0.4) is 0 Å². The molecule has 1 N–H and O–H groups in total. The van der Waals surface area contributed by atoms with E-state index in [-0.39, 0.29) is 6.03 Å². The molecule has 0 atom stereocenters. The first-order valence-corrected chi connectivity index (χ1v) is 9.46. The highest BCUT2D eigenvalue weighted by atomic mass is 16.2. The van der Waals surface area contributed by atoms with Gasteiger partial charge < -0.3 is 15.1 Å². The van der Waals surface area contributed by atoms with E-state index in [0.29, 0.717) is 12.5 Å². The summed E-state index contributed by atoms with van der Waals surface area (Å²) < 4.78 is 0. The number of aryl methyl sites for hydroxylation is 1. The normalized spacial score (nSPS) is 14.6. The molecule has 4 nitrogen and oxygen atoms in total. The van der Waals surface area contributed by atoms with Crippen LogP contribution in [0.5, 0.6) is 0 Å². The first kappa shape index (κ1) is 18.3. The molecule has 0 saturated carbocycles. The quantitative estimate of drug-likeness (QED) is 0.898. The summed E-state index contributed by atoms with van der Waals surface area (Å²) in [5.74, 6) is 0.554. The van der Waals surface area contributed by atoms with Gasteiger partial charge >= 0.3 is 6.03 Å². The fourth-order valence-corrected chi connectivity index (χ4v) is 3.35. The average molecular weight is 351 g/mol. The maximum absolute atomic E-state index is 12.4. The second-order valence-electron chi connectivity index (χ2n) is 7.37. The lowest BCUT2D eigenvalue weighted by atomic mass is 10.0. The molecule has 1 fully saturated rings. The van der Waals surface area contributed by atoms with E-state index < -0.39 is 0 Å². The lowest BCUT2D eigenvalue weighted by Gasteiger charge is -2.36. The standard InChI is InChI=1S/C22H29N3O/c1-17(2)20-7-9-21(10-8-20)24-11-13-25(14-12-24)22(26)23-16-19-6-4-5-18(3)15-19/h4-10,15,17H,11-14,16H2,1-3H3,(H,23,26). The number of hydrogen-bond donors (Lipinski definition) is 1. The van der Waals surface area contributed by atoms with Gasteiger partial charge in [-0.3, -0.25) is 0 Å². The van der Waals surface area contributed by atoms with Crippen LogP contribution in [0.4, 0.5) is 10.5 Å². The van der Waals surface area contributed by atoms with Crippen molar-refractivity contribution in [3.8, 4) is 0 Å². The highest BCUT2D eigenvalue weighted by molar-refractivity contribution is 5.74. The second kappa shape index (κ2) is 8.26. The molecule has 0 unspecified atom stereocenters. The van der Waals surface area contributed by atoms with Crippen molar-refractivity contribution in [1.82, 2.24) is 10.2 Å². The second-order valence-corrected chi connectivity index (χ2v) is 7.37. The number of anilines is 1. The lowest BCUT2D eigenvalue weighted by Crippen LogP contribution is -2.51. The van der Waals surface area contributed by atoms with Crippen LogP contribution >= 0.6 is 0 Å². The molecule has 1 aliphatic heterocycles. The van der Waals surface area contributed by atoms with Crippen molar-refractivity contribution >= 4 is 11.7 Å². The third-order valence-electron chi connectivity index (χ3n) is 5.02. The summed E-state index contributed by atoms with van der Waals surface area (Å²) in [6, 6.07) is 17.1. The van der Waals surface area contributed by atoms with E-state index >= 15 is 0 Å². The van der Waals surface area contributed by atoms with Crippen LogP contribution in [0.15, 0.2) is 48.5 Å². The van der Waals surface area contributed by atoms with Crippen LogP contribution in [0.25, 0.3) is 0 Å². The summed E-state index contributed by atoms with van der Waals surface area (Å²) in [5, 5.41) is 3.04. The molecular weight excluding hydrogens is 322 g/mol. The molecule has 0 aliphatic carbocycles. The number of nitrogens with zero attached hydrogens (tertiary/aromatic N) is 2. The first-order valence-electron chi connectivity index (χ1n) is 9.46. The Kier molecular flexibility index (Phi) is 5.82. The Labute approximate surface area is 156 Å². The van der Waals surface area contributed by atoms with Gasteiger partial charge in [0.05, 0.1) is 0 Å². The van der Waals surface area contributed by atoms with Crippen LogP contribution in [-0.2, 0) is 6.54 Å². The predicted octanol–water partition coefficient (Wildman–Crippen LogP) is 4.15. The van der Waals surface area contributed by atoms with Crippen molar-refractivity contribution in [2.75, 3.05) is 31.1 Å². The Morgan fingerprint density at radius 3 is 2.35 bits per heavy atom. The minimum Gasteiger partial charge on any atom is -0.368 e. The van der Waals surface area contributed by atoms with Gasteiger partial charge in [-0.05, 0) is 36.1 Å². The summed E-state index contributed by atoms with van der Waals surface area (Å²) in [4.78, 5) is 16.7. The smallest absolute Gasteiger partial charge is 0.317 e. The van der Waals surface area contributed by atoms with Gasteiger partial charge in [0.15, 0.2) is 0 Å². The number of piperazine rings is 1.